The smallest absolute Gasteiger partial charge is 0.428 e. The molecule has 0 bridgehead atoms. The molecule has 0 aliphatic rings. The van der Waals surface area contributed by atoms with E-state index in [1.807, 2.05) is 42.5 Å². The van der Waals surface area contributed by atoms with E-state index in [9.17, 15) is 4.79 Å². The number of benzene rings is 2. The first-order valence-electron chi connectivity index (χ1n) is 6.45. The summed E-state index contributed by atoms with van der Waals surface area (Å²) in [6.45, 7) is 9.18. The zero-order valence-corrected chi connectivity index (χ0v) is 12.0. The lowest BCUT2D eigenvalue weighted by Crippen LogP contribution is -2.24. The number of hydrogen-bond donors (Lipinski definition) is 0. The quantitative estimate of drug-likeness (QED) is 0.583. The molecular formula is C17H18O3. The molecule has 0 heterocycles. The minimum atomic E-state index is -0.740. The molecule has 0 saturated carbocycles. The van der Waals surface area contributed by atoms with Crippen molar-refractivity contribution < 1.29 is 14.3 Å². The molecule has 0 N–H and O–H groups in total. The Morgan fingerprint density at radius 3 is 2.40 bits per heavy atom. The van der Waals surface area contributed by atoms with Crippen LogP contribution in [0.15, 0.2) is 49.0 Å². The summed E-state index contributed by atoms with van der Waals surface area (Å²) in [7, 11) is 0. The van der Waals surface area contributed by atoms with Crippen LogP contribution in [0.3, 0.4) is 0 Å². The molecule has 2 aromatic carbocycles. The van der Waals surface area contributed by atoms with Crippen molar-refractivity contribution in [2.45, 2.75) is 26.4 Å². The van der Waals surface area contributed by atoms with E-state index in [0.29, 0.717) is 0 Å². The summed E-state index contributed by atoms with van der Waals surface area (Å²) in [4.78, 5) is 11.7. The molecule has 0 aromatic heterocycles. The van der Waals surface area contributed by atoms with Crippen LogP contribution in [0, 0.1) is 0 Å². The Hall–Kier alpha value is -2.29. The molecule has 0 aliphatic heterocycles. The third-order valence-electron chi connectivity index (χ3n) is 2.69. The Kier molecular flexibility index (Phi) is 3.79. The molecule has 0 spiro atoms. The van der Waals surface area contributed by atoms with E-state index < -0.39 is 11.8 Å². The van der Waals surface area contributed by atoms with Gasteiger partial charge in [-0.1, -0.05) is 49.0 Å². The van der Waals surface area contributed by atoms with E-state index in [1.54, 1.807) is 20.8 Å². The first-order valence-corrected chi connectivity index (χ1v) is 6.45. The van der Waals surface area contributed by atoms with Gasteiger partial charge >= 0.3 is 6.16 Å². The molecule has 0 radical (unpaired) electrons. The van der Waals surface area contributed by atoms with Crippen molar-refractivity contribution in [1.82, 2.24) is 0 Å². The minimum absolute atomic E-state index is 0.288. The van der Waals surface area contributed by atoms with E-state index in [0.717, 1.165) is 16.3 Å². The largest absolute Gasteiger partial charge is 0.514 e. The van der Waals surface area contributed by atoms with Gasteiger partial charge in [-0.3, -0.25) is 0 Å². The molecular weight excluding hydrogens is 252 g/mol. The summed E-state index contributed by atoms with van der Waals surface area (Å²) in [5.74, 6) is 0.288. The highest BCUT2D eigenvalue weighted by Crippen LogP contribution is 2.25. The maximum Gasteiger partial charge on any atom is 0.514 e. The Balaban J connectivity index is 2.22. The van der Waals surface area contributed by atoms with Gasteiger partial charge in [0.1, 0.15) is 11.4 Å². The highest BCUT2D eigenvalue weighted by molar-refractivity contribution is 5.93. The monoisotopic (exact) mass is 270 g/mol. The molecule has 0 fully saturated rings. The first-order chi connectivity index (χ1) is 9.37. The van der Waals surface area contributed by atoms with E-state index in [-0.39, 0.29) is 5.76 Å². The van der Waals surface area contributed by atoms with Gasteiger partial charge in [-0.2, -0.15) is 0 Å². The number of hydrogen-bond acceptors (Lipinski definition) is 3. The van der Waals surface area contributed by atoms with Crippen molar-refractivity contribution in [1.29, 1.82) is 0 Å². The molecule has 0 atom stereocenters. The van der Waals surface area contributed by atoms with Gasteiger partial charge in [-0.15, -0.1) is 0 Å². The summed E-state index contributed by atoms with van der Waals surface area (Å²) in [6, 6.07) is 13.6. The summed E-state index contributed by atoms with van der Waals surface area (Å²) >= 11 is 0. The third kappa shape index (κ3) is 3.38. The Morgan fingerprint density at radius 2 is 1.70 bits per heavy atom. The van der Waals surface area contributed by atoms with Crippen molar-refractivity contribution in [2.24, 2.45) is 0 Å². The molecule has 0 aliphatic carbocycles. The van der Waals surface area contributed by atoms with Crippen LogP contribution in [-0.4, -0.2) is 11.8 Å². The summed E-state index contributed by atoms with van der Waals surface area (Å²) in [6.07, 6.45) is -0.740. The van der Waals surface area contributed by atoms with Gasteiger partial charge in [-0.05, 0) is 31.5 Å². The highest BCUT2D eigenvalue weighted by Gasteiger charge is 2.19. The highest BCUT2D eigenvalue weighted by atomic mass is 16.7. The number of carbonyl (C=O) groups excluding carboxylic acids is 1. The molecule has 104 valence electrons. The van der Waals surface area contributed by atoms with Crippen LogP contribution in [-0.2, 0) is 9.47 Å². The van der Waals surface area contributed by atoms with Crippen LogP contribution in [0.4, 0.5) is 4.79 Å². The zero-order valence-electron chi connectivity index (χ0n) is 12.0. The fraction of sp³-hybridized carbons (Fsp3) is 0.235. The fourth-order valence-electron chi connectivity index (χ4n) is 1.89. The Morgan fingerprint density at radius 1 is 1.05 bits per heavy atom. The molecule has 3 heteroatoms. The van der Waals surface area contributed by atoms with E-state index in [1.165, 1.54) is 0 Å². The van der Waals surface area contributed by atoms with Gasteiger partial charge in [0, 0.05) is 5.56 Å². The molecule has 2 rings (SSSR count). The second kappa shape index (κ2) is 5.37. The number of rotatable bonds is 2. The normalized spacial score (nSPS) is 11.2. The SMILES string of the molecule is C=C(OC(=O)OC(C)(C)C)c1cccc2ccccc12. The standard InChI is InChI=1S/C17H18O3/c1-12(19-16(18)20-17(2,3)4)14-11-7-9-13-8-5-6-10-15(13)14/h5-11H,1H2,2-4H3. The number of carbonyl (C=O) groups is 1. The van der Waals surface area contributed by atoms with E-state index >= 15 is 0 Å². The molecule has 0 amide bonds. The van der Waals surface area contributed by atoms with Crippen LogP contribution in [0.2, 0.25) is 0 Å². The fourth-order valence-corrected chi connectivity index (χ4v) is 1.89. The minimum Gasteiger partial charge on any atom is -0.428 e. The van der Waals surface area contributed by atoms with Crippen LogP contribution < -0.4 is 0 Å². The van der Waals surface area contributed by atoms with E-state index in [2.05, 4.69) is 6.58 Å². The molecule has 20 heavy (non-hydrogen) atoms. The van der Waals surface area contributed by atoms with Gasteiger partial charge in [0.05, 0.1) is 0 Å². The maximum atomic E-state index is 11.7. The average molecular weight is 270 g/mol. The van der Waals surface area contributed by atoms with E-state index in [4.69, 9.17) is 9.47 Å². The molecule has 0 unspecified atom stereocenters. The zero-order chi connectivity index (χ0) is 14.8. The second-order valence-corrected chi connectivity index (χ2v) is 5.52. The van der Waals surface area contributed by atoms with Gasteiger partial charge in [0.25, 0.3) is 0 Å². The summed E-state index contributed by atoms with van der Waals surface area (Å²) < 4.78 is 10.3. The molecule has 3 nitrogen and oxygen atoms in total. The Bertz CT molecular complexity index is 645. The lowest BCUT2D eigenvalue weighted by atomic mass is 10.0. The van der Waals surface area contributed by atoms with Crippen molar-refractivity contribution >= 4 is 22.7 Å². The van der Waals surface area contributed by atoms with Crippen molar-refractivity contribution in [3.63, 3.8) is 0 Å². The molecule has 0 saturated heterocycles. The topological polar surface area (TPSA) is 35.5 Å². The van der Waals surface area contributed by atoms with Gasteiger partial charge in [-0.25, -0.2) is 4.79 Å². The lowest BCUT2D eigenvalue weighted by molar-refractivity contribution is 0.0149. The van der Waals surface area contributed by atoms with Crippen LogP contribution in [0.25, 0.3) is 16.5 Å². The van der Waals surface area contributed by atoms with Gasteiger partial charge in [0.2, 0.25) is 0 Å². The number of fused-ring (bicyclic) bond motifs is 1. The summed E-state index contributed by atoms with van der Waals surface area (Å²) in [5, 5.41) is 2.06. The van der Waals surface area contributed by atoms with Crippen LogP contribution >= 0.6 is 0 Å². The lowest BCUT2D eigenvalue weighted by Gasteiger charge is -2.19. The van der Waals surface area contributed by atoms with Gasteiger partial charge < -0.3 is 9.47 Å². The first kappa shape index (κ1) is 14.1. The average Bonchev–Trinajstić information content (AvgIpc) is 2.35. The molecule has 2 aromatic rings. The van der Waals surface area contributed by atoms with Gasteiger partial charge in [0.15, 0.2) is 0 Å². The summed E-state index contributed by atoms with van der Waals surface area (Å²) in [5.41, 5.74) is 0.199. The maximum absolute atomic E-state index is 11.7. The predicted octanol–water partition coefficient (Wildman–Crippen LogP) is 4.76. The predicted molar refractivity (Wildman–Crippen MR) is 80.3 cm³/mol. The van der Waals surface area contributed by atoms with Crippen LogP contribution in [0.1, 0.15) is 26.3 Å². The second-order valence-electron chi connectivity index (χ2n) is 5.52. The van der Waals surface area contributed by atoms with Crippen molar-refractivity contribution in [3.8, 4) is 0 Å². The van der Waals surface area contributed by atoms with Crippen molar-refractivity contribution in [3.05, 3.63) is 54.6 Å². The van der Waals surface area contributed by atoms with Crippen LogP contribution in [0.5, 0.6) is 0 Å². The van der Waals surface area contributed by atoms with Crippen molar-refractivity contribution in [2.75, 3.05) is 0 Å². The third-order valence-corrected chi connectivity index (χ3v) is 2.69. The Labute approximate surface area is 118 Å². The number of ether oxygens (including phenoxy) is 2.